The molecule has 4 aromatic carbocycles. The van der Waals surface area contributed by atoms with E-state index in [1.807, 2.05) is 0 Å². The van der Waals surface area contributed by atoms with E-state index in [0.717, 1.165) is 0 Å². The minimum absolute atomic E-state index is 0.111. The molecule has 0 fully saturated rings. The van der Waals surface area contributed by atoms with Gasteiger partial charge in [0.1, 0.15) is 0 Å². The second kappa shape index (κ2) is 6.88. The third-order valence-corrected chi connectivity index (χ3v) is 8.69. The van der Waals surface area contributed by atoms with Crippen molar-refractivity contribution in [3.8, 4) is 11.1 Å². The zero-order valence-electron chi connectivity index (χ0n) is 23.0. The lowest BCUT2D eigenvalue weighted by Gasteiger charge is -2.17. The molecule has 4 heterocycles. The van der Waals surface area contributed by atoms with Crippen molar-refractivity contribution in [2.45, 2.75) is 52.4 Å². The Morgan fingerprint density at radius 2 is 0.842 bits per heavy atom. The Kier molecular flexibility index (Phi) is 3.98. The minimum Gasteiger partial charge on any atom is -0.315 e. The Balaban J connectivity index is 1.35. The van der Waals surface area contributed by atoms with Gasteiger partial charge in [0.2, 0.25) is 0 Å². The average molecular weight is 493 g/mol. The summed E-state index contributed by atoms with van der Waals surface area (Å²) in [7, 11) is 0. The smallest absolute Gasteiger partial charge is 0.0610 e. The Labute approximate surface area is 222 Å². The summed E-state index contributed by atoms with van der Waals surface area (Å²) >= 11 is 0. The molecule has 8 rings (SSSR count). The maximum atomic E-state index is 2.41. The van der Waals surface area contributed by atoms with E-state index in [-0.39, 0.29) is 10.8 Å². The molecule has 0 aliphatic rings. The molecule has 2 nitrogen and oxygen atoms in total. The molecule has 0 radical (unpaired) electrons. The van der Waals surface area contributed by atoms with Gasteiger partial charge in [0, 0.05) is 44.7 Å². The largest absolute Gasteiger partial charge is 0.315 e. The summed E-state index contributed by atoms with van der Waals surface area (Å²) in [6.07, 6.45) is 4.71. The van der Waals surface area contributed by atoms with Crippen molar-refractivity contribution in [3.63, 3.8) is 0 Å². The van der Waals surface area contributed by atoms with Crippen LogP contribution in [0.4, 0.5) is 0 Å². The highest BCUT2D eigenvalue weighted by Gasteiger charge is 2.24. The number of hydrogen-bond donors (Lipinski definition) is 0. The van der Waals surface area contributed by atoms with E-state index < -0.39 is 0 Å². The fourth-order valence-corrected chi connectivity index (χ4v) is 6.86. The molecule has 4 aromatic heterocycles. The lowest BCUT2D eigenvalue weighted by atomic mass is 9.86. The quantitative estimate of drug-likeness (QED) is 0.216. The fraction of sp³-hybridized carbons (Fsp3) is 0.222. The van der Waals surface area contributed by atoms with Crippen molar-refractivity contribution < 1.29 is 0 Å². The molecule has 38 heavy (non-hydrogen) atoms. The van der Waals surface area contributed by atoms with Gasteiger partial charge < -0.3 is 8.80 Å². The normalized spacial score (nSPS) is 13.5. The fourth-order valence-electron chi connectivity index (χ4n) is 6.86. The van der Waals surface area contributed by atoms with Crippen LogP contribution in [0.25, 0.3) is 65.5 Å². The predicted molar refractivity (Wildman–Crippen MR) is 164 cm³/mol. The first-order chi connectivity index (χ1) is 18.1. The maximum Gasteiger partial charge on any atom is 0.0610 e. The molecule has 0 unspecified atom stereocenters. The van der Waals surface area contributed by atoms with E-state index >= 15 is 0 Å². The second-order valence-electron chi connectivity index (χ2n) is 13.2. The van der Waals surface area contributed by atoms with Gasteiger partial charge in [-0.2, -0.15) is 0 Å². The molecular weight excluding hydrogens is 460 g/mol. The number of rotatable bonds is 1. The summed E-state index contributed by atoms with van der Waals surface area (Å²) in [6, 6.07) is 27.6. The maximum absolute atomic E-state index is 2.41. The number of nitrogens with zero attached hydrogens (tertiary/aromatic N) is 2. The number of fused-ring (bicyclic) bond motifs is 6. The molecule has 186 valence electrons. The first kappa shape index (κ1) is 22.0. The molecule has 0 amide bonds. The van der Waals surface area contributed by atoms with Crippen LogP contribution in [0.3, 0.4) is 0 Å². The van der Waals surface area contributed by atoms with Gasteiger partial charge in [0.25, 0.3) is 0 Å². The third-order valence-electron chi connectivity index (χ3n) is 8.69. The van der Waals surface area contributed by atoms with Crippen molar-refractivity contribution >= 4 is 54.4 Å². The third kappa shape index (κ3) is 2.73. The van der Waals surface area contributed by atoms with E-state index in [1.165, 1.54) is 76.6 Å². The van der Waals surface area contributed by atoms with Crippen LogP contribution in [-0.2, 0) is 10.8 Å². The molecule has 0 saturated heterocycles. The topological polar surface area (TPSA) is 8.82 Å². The highest BCUT2D eigenvalue weighted by molar-refractivity contribution is 6.17. The van der Waals surface area contributed by atoms with E-state index in [2.05, 4.69) is 136 Å². The standard InChI is InChI=1S/C36H32N2/c1-35(2,3)29-19-37-31-15-13-21(17-27(31)23-9-7-11-25(29)33(23)37)22-14-16-32-28(18-22)24-10-8-12-26-30(36(4,5)6)20-38(32)34(24)26/h7-20H,1-6H3. The van der Waals surface area contributed by atoms with Crippen LogP contribution < -0.4 is 0 Å². The van der Waals surface area contributed by atoms with Crippen molar-refractivity contribution in [1.82, 2.24) is 8.80 Å². The average Bonchev–Trinajstić information content (AvgIpc) is 3.62. The molecule has 0 bridgehead atoms. The van der Waals surface area contributed by atoms with E-state index in [9.17, 15) is 0 Å². The monoisotopic (exact) mass is 492 g/mol. The van der Waals surface area contributed by atoms with E-state index in [0.29, 0.717) is 0 Å². The first-order valence-corrected chi connectivity index (χ1v) is 13.7. The van der Waals surface area contributed by atoms with Crippen molar-refractivity contribution in [2.24, 2.45) is 0 Å². The number of para-hydroxylation sites is 2. The molecule has 0 atom stereocenters. The zero-order valence-corrected chi connectivity index (χ0v) is 23.0. The summed E-state index contributed by atoms with van der Waals surface area (Å²) in [4.78, 5) is 0. The number of benzene rings is 4. The molecule has 0 saturated carbocycles. The summed E-state index contributed by atoms with van der Waals surface area (Å²) in [5.41, 5.74) is 10.8. The van der Waals surface area contributed by atoms with E-state index in [1.54, 1.807) is 0 Å². The molecule has 0 aliphatic heterocycles. The van der Waals surface area contributed by atoms with Gasteiger partial charge in [0.05, 0.1) is 22.1 Å². The summed E-state index contributed by atoms with van der Waals surface area (Å²) in [6.45, 7) is 13.8. The lowest BCUT2D eigenvalue weighted by Crippen LogP contribution is -2.10. The Morgan fingerprint density at radius 1 is 0.447 bits per heavy atom. The zero-order chi connectivity index (χ0) is 26.1. The van der Waals surface area contributed by atoms with Crippen molar-refractivity contribution in [2.75, 3.05) is 0 Å². The van der Waals surface area contributed by atoms with Crippen LogP contribution in [0, 0.1) is 0 Å². The number of hydrogen-bond acceptors (Lipinski definition) is 0. The first-order valence-electron chi connectivity index (χ1n) is 13.7. The van der Waals surface area contributed by atoms with Gasteiger partial charge in [-0.05, 0) is 57.3 Å². The highest BCUT2D eigenvalue weighted by Crippen LogP contribution is 2.42. The van der Waals surface area contributed by atoms with Crippen LogP contribution in [0.15, 0.2) is 85.2 Å². The predicted octanol–water partition coefficient (Wildman–Crippen LogP) is 9.94. The second-order valence-corrected chi connectivity index (χ2v) is 13.2. The molecule has 0 aliphatic carbocycles. The van der Waals surface area contributed by atoms with Gasteiger partial charge in [-0.15, -0.1) is 0 Å². The van der Waals surface area contributed by atoms with Gasteiger partial charge in [-0.25, -0.2) is 0 Å². The molecular formula is C36H32N2. The van der Waals surface area contributed by atoms with Crippen molar-refractivity contribution in [1.29, 1.82) is 0 Å². The van der Waals surface area contributed by atoms with Crippen LogP contribution in [0.2, 0.25) is 0 Å². The van der Waals surface area contributed by atoms with E-state index in [4.69, 9.17) is 0 Å². The van der Waals surface area contributed by atoms with Gasteiger partial charge in [0.15, 0.2) is 0 Å². The van der Waals surface area contributed by atoms with Crippen LogP contribution in [0.1, 0.15) is 52.7 Å². The molecule has 2 heteroatoms. The van der Waals surface area contributed by atoms with Crippen LogP contribution in [-0.4, -0.2) is 8.80 Å². The van der Waals surface area contributed by atoms with Crippen molar-refractivity contribution in [3.05, 3.63) is 96.3 Å². The van der Waals surface area contributed by atoms with Crippen LogP contribution in [0.5, 0.6) is 0 Å². The van der Waals surface area contributed by atoms with Gasteiger partial charge in [-0.1, -0.05) is 90.1 Å². The molecule has 0 N–H and O–H groups in total. The summed E-state index contributed by atoms with van der Waals surface area (Å²) in [5, 5.41) is 8.07. The Bertz CT molecular complexity index is 2030. The van der Waals surface area contributed by atoms with Crippen LogP contribution >= 0.6 is 0 Å². The molecule has 0 spiro atoms. The molecule has 8 aromatic rings. The number of aromatic nitrogens is 2. The lowest BCUT2D eigenvalue weighted by molar-refractivity contribution is 0.595. The van der Waals surface area contributed by atoms with Gasteiger partial charge in [-0.3, -0.25) is 0 Å². The minimum atomic E-state index is 0.111. The Hall–Kier alpha value is -4.04. The van der Waals surface area contributed by atoms with Gasteiger partial charge >= 0.3 is 0 Å². The summed E-state index contributed by atoms with van der Waals surface area (Å²) in [5.74, 6) is 0. The Morgan fingerprint density at radius 3 is 1.24 bits per heavy atom. The SMILES string of the molecule is CC(C)(C)c1cn2c3ccc(-c4ccc5c(c4)c4cccc6c(C(C)(C)C)cn5c64)cc3c3cccc1c32. The highest BCUT2D eigenvalue weighted by atomic mass is 14.9. The summed E-state index contributed by atoms with van der Waals surface area (Å²) < 4.78 is 4.82.